The van der Waals surface area contributed by atoms with Crippen LogP contribution in [0.2, 0.25) is 5.02 Å². The summed E-state index contributed by atoms with van der Waals surface area (Å²) >= 11 is 6.86. The number of aryl methyl sites for hydroxylation is 1. The number of aliphatic carboxylic acids is 1. The number of H-pyrrole nitrogens is 1. The van der Waals surface area contributed by atoms with Crippen molar-refractivity contribution in [1.82, 2.24) is 19.7 Å². The van der Waals surface area contributed by atoms with Crippen LogP contribution in [0.3, 0.4) is 0 Å². The number of nitrogens with zero attached hydrogens (tertiary/aromatic N) is 3. The first-order chi connectivity index (χ1) is 16.2. The molecule has 0 saturated carbocycles. The third-order valence-corrected chi connectivity index (χ3v) is 6.25. The van der Waals surface area contributed by atoms with Crippen LogP contribution < -0.4 is 0 Å². The van der Waals surface area contributed by atoms with Gasteiger partial charge in [0.2, 0.25) is 5.16 Å². The zero-order chi connectivity index (χ0) is 24.4. The molecule has 0 saturated heterocycles. The van der Waals surface area contributed by atoms with Crippen molar-refractivity contribution in [2.24, 2.45) is 0 Å². The summed E-state index contributed by atoms with van der Waals surface area (Å²) in [7, 11) is 0. The van der Waals surface area contributed by atoms with Crippen molar-refractivity contribution >= 4 is 41.4 Å². The Kier molecular flexibility index (Phi) is 6.58. The minimum absolute atomic E-state index is 0.0585. The number of carbonyl (C=O) groups is 2. The largest absolute Gasteiger partial charge is 0.478 e. The van der Waals surface area contributed by atoms with E-state index in [9.17, 15) is 14.7 Å². The topological polar surface area (TPSA) is 121 Å². The van der Waals surface area contributed by atoms with Crippen molar-refractivity contribution in [2.75, 3.05) is 0 Å². The van der Waals surface area contributed by atoms with E-state index in [1.807, 2.05) is 24.5 Å². The maximum absolute atomic E-state index is 12.0. The molecule has 2 aromatic carbocycles. The van der Waals surface area contributed by atoms with Gasteiger partial charge in [-0.2, -0.15) is 0 Å². The lowest BCUT2D eigenvalue weighted by Crippen LogP contribution is -2.01. The molecule has 0 atom stereocenters. The fourth-order valence-electron chi connectivity index (χ4n) is 3.49. The van der Waals surface area contributed by atoms with Crippen LogP contribution >= 0.6 is 23.4 Å². The molecule has 10 heteroatoms. The lowest BCUT2D eigenvalue weighted by atomic mass is 10.2. The van der Waals surface area contributed by atoms with Crippen molar-refractivity contribution in [1.29, 1.82) is 0 Å². The Hall–Kier alpha value is -3.82. The number of aromatic carboxylic acids is 1. The summed E-state index contributed by atoms with van der Waals surface area (Å²) in [4.78, 5) is 27.5. The number of rotatable bonds is 7. The lowest BCUT2D eigenvalue weighted by Gasteiger charge is -2.10. The second-order valence-electron chi connectivity index (χ2n) is 7.40. The summed E-state index contributed by atoms with van der Waals surface area (Å²) in [6.45, 7) is 3.77. The zero-order valence-corrected chi connectivity index (χ0v) is 19.7. The second-order valence-corrected chi connectivity index (χ2v) is 8.85. The molecule has 0 spiro atoms. The monoisotopic (exact) mass is 494 g/mol. The average Bonchev–Trinajstić information content (AvgIpc) is 3.38. The fourth-order valence-corrected chi connectivity index (χ4v) is 4.31. The zero-order valence-electron chi connectivity index (χ0n) is 18.1. The molecular formula is C24H19ClN4O4S. The van der Waals surface area contributed by atoms with E-state index < -0.39 is 11.9 Å². The number of aromatic nitrogens is 4. The van der Waals surface area contributed by atoms with Crippen LogP contribution in [0.1, 0.15) is 27.3 Å². The molecule has 4 rings (SSSR count). The number of thioether (sulfide) groups is 1. The highest BCUT2D eigenvalue weighted by molar-refractivity contribution is 8.04. The van der Waals surface area contributed by atoms with E-state index in [1.165, 1.54) is 12.1 Å². The summed E-state index contributed by atoms with van der Waals surface area (Å²) in [5.74, 6) is -1.59. The Morgan fingerprint density at radius 2 is 1.74 bits per heavy atom. The molecule has 0 fully saturated rings. The molecule has 2 aromatic heterocycles. The van der Waals surface area contributed by atoms with Gasteiger partial charge in [-0.05, 0) is 91.8 Å². The van der Waals surface area contributed by atoms with Crippen molar-refractivity contribution in [2.45, 2.75) is 19.0 Å². The first-order valence-corrected chi connectivity index (χ1v) is 11.3. The smallest absolute Gasteiger partial charge is 0.342 e. The summed E-state index contributed by atoms with van der Waals surface area (Å²) in [5, 5.41) is 26.7. The van der Waals surface area contributed by atoms with Crippen LogP contribution in [0.4, 0.5) is 0 Å². The highest BCUT2D eigenvalue weighted by atomic mass is 35.5. The number of carboxylic acids is 2. The Labute approximate surface area is 203 Å². The normalized spacial score (nSPS) is 11.6. The van der Waals surface area contributed by atoms with E-state index in [-0.39, 0.29) is 15.6 Å². The van der Waals surface area contributed by atoms with E-state index in [2.05, 4.69) is 15.2 Å². The Morgan fingerprint density at radius 1 is 1.06 bits per heavy atom. The predicted octanol–water partition coefficient (Wildman–Crippen LogP) is 5.45. The second kappa shape index (κ2) is 9.58. The van der Waals surface area contributed by atoms with Gasteiger partial charge in [-0.25, -0.2) is 14.6 Å². The van der Waals surface area contributed by atoms with Gasteiger partial charge in [0.1, 0.15) is 4.91 Å². The number of hydrogen-bond acceptors (Lipinski definition) is 5. The maximum atomic E-state index is 12.0. The van der Waals surface area contributed by atoms with E-state index in [0.717, 1.165) is 40.0 Å². The number of nitrogens with one attached hydrogen (secondary N) is 1. The molecule has 0 aliphatic rings. The van der Waals surface area contributed by atoms with E-state index in [4.69, 9.17) is 16.7 Å². The van der Waals surface area contributed by atoms with E-state index in [0.29, 0.717) is 10.8 Å². The van der Waals surface area contributed by atoms with Crippen molar-refractivity contribution < 1.29 is 19.8 Å². The first kappa shape index (κ1) is 23.3. The van der Waals surface area contributed by atoms with Gasteiger partial charge in [0.05, 0.1) is 5.56 Å². The molecule has 0 amide bonds. The molecule has 34 heavy (non-hydrogen) atoms. The first-order valence-electron chi connectivity index (χ1n) is 10.1. The summed E-state index contributed by atoms with van der Waals surface area (Å²) < 4.78 is 1.94. The molecule has 0 radical (unpaired) electrons. The standard InChI is InChI=1S/C24H19ClN4O4S/c1-13-11-17(14(2)29(13)19-9-5-16(6-10-19)22(30)31)12-20(23(32)33)34-24-26-21(27-28-24)15-3-7-18(25)8-4-15/h3-12H,1-2H3,(H,30,31)(H,32,33)(H,26,27,28)/b20-12-. The molecule has 0 aliphatic carbocycles. The van der Waals surface area contributed by atoms with Gasteiger partial charge >= 0.3 is 11.9 Å². The maximum Gasteiger partial charge on any atom is 0.342 e. The summed E-state index contributed by atoms with van der Waals surface area (Å²) in [6, 6.07) is 15.4. The van der Waals surface area contributed by atoms with Crippen LogP contribution in [-0.4, -0.2) is 41.9 Å². The minimum Gasteiger partial charge on any atom is -0.478 e. The number of carboxylic acid groups (broad SMARTS) is 2. The molecule has 2 heterocycles. The molecule has 3 N–H and O–H groups in total. The van der Waals surface area contributed by atoms with Gasteiger partial charge in [0, 0.05) is 27.7 Å². The van der Waals surface area contributed by atoms with Gasteiger partial charge in [-0.1, -0.05) is 11.6 Å². The number of halogens is 1. The third kappa shape index (κ3) is 4.90. The molecule has 0 bridgehead atoms. The van der Waals surface area contributed by atoms with Crippen molar-refractivity contribution in [3.05, 3.63) is 87.0 Å². The van der Waals surface area contributed by atoms with Crippen LogP contribution in [0, 0.1) is 13.8 Å². The Morgan fingerprint density at radius 3 is 2.35 bits per heavy atom. The Bertz CT molecular complexity index is 1410. The number of aromatic amines is 1. The van der Waals surface area contributed by atoms with Gasteiger partial charge < -0.3 is 14.8 Å². The Balaban J connectivity index is 1.63. The fraction of sp³-hybridized carbons (Fsp3) is 0.0833. The van der Waals surface area contributed by atoms with Crippen LogP contribution in [0.25, 0.3) is 23.2 Å². The average molecular weight is 495 g/mol. The van der Waals surface area contributed by atoms with Crippen LogP contribution in [0.5, 0.6) is 0 Å². The molecule has 0 unspecified atom stereocenters. The van der Waals surface area contributed by atoms with Crippen molar-refractivity contribution in [3.8, 4) is 17.1 Å². The van der Waals surface area contributed by atoms with Gasteiger partial charge in [-0.3, -0.25) is 5.10 Å². The summed E-state index contributed by atoms with van der Waals surface area (Å²) in [5.41, 5.74) is 4.17. The highest BCUT2D eigenvalue weighted by Crippen LogP contribution is 2.30. The lowest BCUT2D eigenvalue weighted by molar-refractivity contribution is -0.131. The minimum atomic E-state index is -1.10. The molecule has 8 nitrogen and oxygen atoms in total. The molecular weight excluding hydrogens is 476 g/mol. The molecule has 0 aliphatic heterocycles. The van der Waals surface area contributed by atoms with Crippen molar-refractivity contribution in [3.63, 3.8) is 0 Å². The summed E-state index contributed by atoms with van der Waals surface area (Å²) in [6.07, 6.45) is 1.58. The quantitative estimate of drug-likeness (QED) is 0.231. The highest BCUT2D eigenvalue weighted by Gasteiger charge is 2.17. The van der Waals surface area contributed by atoms with Crippen LogP contribution in [-0.2, 0) is 4.79 Å². The SMILES string of the molecule is Cc1cc(/C=C(\Sc2n[nH]c(-c3ccc(Cl)cc3)n2)C(=O)O)c(C)n1-c1ccc(C(=O)O)cc1. The number of hydrogen-bond donors (Lipinski definition) is 3. The van der Waals surface area contributed by atoms with E-state index >= 15 is 0 Å². The molecule has 172 valence electrons. The molecule has 4 aromatic rings. The number of benzene rings is 2. The predicted molar refractivity (Wildman–Crippen MR) is 131 cm³/mol. The van der Waals surface area contributed by atoms with E-state index in [1.54, 1.807) is 42.5 Å². The van der Waals surface area contributed by atoms with Crippen LogP contribution in [0.15, 0.2) is 64.7 Å². The third-order valence-electron chi connectivity index (χ3n) is 5.12. The van der Waals surface area contributed by atoms with Gasteiger partial charge in [-0.15, -0.1) is 5.10 Å². The van der Waals surface area contributed by atoms with Gasteiger partial charge in [0.25, 0.3) is 0 Å². The van der Waals surface area contributed by atoms with Gasteiger partial charge in [0.15, 0.2) is 5.82 Å².